The number of methoxy groups -OCH3 is 2. The van der Waals surface area contributed by atoms with E-state index in [9.17, 15) is 4.79 Å². The van der Waals surface area contributed by atoms with Gasteiger partial charge in [0.15, 0.2) is 0 Å². The maximum atomic E-state index is 12.3. The van der Waals surface area contributed by atoms with Gasteiger partial charge in [-0.1, -0.05) is 0 Å². The van der Waals surface area contributed by atoms with Crippen LogP contribution in [-0.2, 0) is 4.79 Å². The first-order chi connectivity index (χ1) is 11.0. The Morgan fingerprint density at radius 2 is 2.17 bits per heavy atom. The van der Waals surface area contributed by atoms with Crippen molar-refractivity contribution in [3.8, 4) is 11.5 Å². The summed E-state index contributed by atoms with van der Waals surface area (Å²) in [6, 6.07) is 5.83. The number of nitrogens with one attached hydrogen (secondary N) is 2. The van der Waals surface area contributed by atoms with E-state index < -0.39 is 0 Å². The summed E-state index contributed by atoms with van der Waals surface area (Å²) in [5, 5.41) is 6.38. The predicted molar refractivity (Wildman–Crippen MR) is 97.3 cm³/mol. The maximum absolute atomic E-state index is 12.3. The molecule has 6 nitrogen and oxygen atoms in total. The predicted octanol–water partition coefficient (Wildman–Crippen LogP) is 1.60. The highest BCUT2D eigenvalue weighted by Crippen LogP contribution is 2.29. The summed E-state index contributed by atoms with van der Waals surface area (Å²) in [5.74, 6) is 1.52. The molecule has 0 spiro atoms. The van der Waals surface area contributed by atoms with Crippen molar-refractivity contribution >= 4 is 18.3 Å². The van der Waals surface area contributed by atoms with Gasteiger partial charge >= 0.3 is 0 Å². The summed E-state index contributed by atoms with van der Waals surface area (Å²) < 4.78 is 10.7. The first kappa shape index (κ1) is 20.5. The third kappa shape index (κ3) is 5.26. The van der Waals surface area contributed by atoms with E-state index in [0.29, 0.717) is 12.6 Å². The van der Waals surface area contributed by atoms with Crippen molar-refractivity contribution in [3.05, 3.63) is 23.8 Å². The SMILES string of the molecule is COc1ccc(OC)c(C(C)NC(=O)CN2CCNC[C@H]2C)c1.Cl. The van der Waals surface area contributed by atoms with Gasteiger partial charge in [-0.15, -0.1) is 12.4 Å². The number of hydrogen-bond donors (Lipinski definition) is 2. The van der Waals surface area contributed by atoms with Crippen LogP contribution in [0.3, 0.4) is 0 Å². The highest BCUT2D eigenvalue weighted by molar-refractivity contribution is 5.85. The number of carbonyl (C=O) groups excluding carboxylic acids is 1. The minimum atomic E-state index is -0.147. The Bertz CT molecular complexity index is 542. The zero-order valence-electron chi connectivity index (χ0n) is 14.8. The molecule has 1 aromatic carbocycles. The number of rotatable bonds is 6. The number of halogens is 1. The molecule has 1 amide bonds. The molecule has 1 heterocycles. The molecule has 24 heavy (non-hydrogen) atoms. The number of piperazine rings is 1. The van der Waals surface area contributed by atoms with E-state index in [1.54, 1.807) is 14.2 Å². The molecule has 2 atom stereocenters. The summed E-state index contributed by atoms with van der Waals surface area (Å²) in [6.45, 7) is 7.25. The normalized spacial score (nSPS) is 19.1. The van der Waals surface area contributed by atoms with E-state index in [4.69, 9.17) is 9.47 Å². The van der Waals surface area contributed by atoms with Gasteiger partial charge in [0.2, 0.25) is 5.91 Å². The zero-order chi connectivity index (χ0) is 16.8. The number of ether oxygens (including phenoxy) is 2. The molecule has 0 saturated carbocycles. The molecule has 1 aromatic rings. The molecular weight excluding hydrogens is 330 g/mol. The molecule has 0 radical (unpaired) electrons. The lowest BCUT2D eigenvalue weighted by Crippen LogP contribution is -2.52. The van der Waals surface area contributed by atoms with Crippen LogP contribution in [0.5, 0.6) is 11.5 Å². The van der Waals surface area contributed by atoms with Crippen molar-refractivity contribution in [2.45, 2.75) is 25.9 Å². The van der Waals surface area contributed by atoms with Gasteiger partial charge in [-0.3, -0.25) is 9.69 Å². The molecule has 1 aliphatic rings. The van der Waals surface area contributed by atoms with Gasteiger partial charge in [-0.2, -0.15) is 0 Å². The van der Waals surface area contributed by atoms with Crippen molar-refractivity contribution in [1.82, 2.24) is 15.5 Å². The van der Waals surface area contributed by atoms with E-state index >= 15 is 0 Å². The highest BCUT2D eigenvalue weighted by atomic mass is 35.5. The summed E-state index contributed by atoms with van der Waals surface area (Å²) >= 11 is 0. The Kier molecular flexibility index (Phi) is 8.31. The van der Waals surface area contributed by atoms with E-state index in [1.807, 2.05) is 25.1 Å². The second-order valence-electron chi connectivity index (χ2n) is 5.92. The maximum Gasteiger partial charge on any atom is 0.234 e. The Balaban J connectivity index is 0.00000288. The summed E-state index contributed by atoms with van der Waals surface area (Å²) in [4.78, 5) is 14.5. The monoisotopic (exact) mass is 357 g/mol. The molecule has 1 fully saturated rings. The third-order valence-corrected chi connectivity index (χ3v) is 4.27. The van der Waals surface area contributed by atoms with Gasteiger partial charge < -0.3 is 20.1 Å². The molecule has 7 heteroatoms. The fourth-order valence-corrected chi connectivity index (χ4v) is 2.85. The minimum absolute atomic E-state index is 0. The van der Waals surface area contributed by atoms with Crippen LogP contribution in [0.25, 0.3) is 0 Å². The Hall–Kier alpha value is -1.50. The van der Waals surface area contributed by atoms with Crippen molar-refractivity contribution in [1.29, 1.82) is 0 Å². The average molecular weight is 358 g/mol. The number of benzene rings is 1. The van der Waals surface area contributed by atoms with Gasteiger partial charge in [-0.25, -0.2) is 0 Å². The first-order valence-electron chi connectivity index (χ1n) is 8.01. The Morgan fingerprint density at radius 1 is 1.42 bits per heavy atom. The molecule has 1 unspecified atom stereocenters. The summed E-state index contributed by atoms with van der Waals surface area (Å²) in [7, 11) is 3.25. The quantitative estimate of drug-likeness (QED) is 0.809. The van der Waals surface area contributed by atoms with Crippen LogP contribution in [0.15, 0.2) is 18.2 Å². The Labute approximate surface area is 150 Å². The van der Waals surface area contributed by atoms with Crippen LogP contribution in [0.2, 0.25) is 0 Å². The van der Waals surface area contributed by atoms with Crippen LogP contribution in [0.1, 0.15) is 25.5 Å². The second kappa shape index (κ2) is 9.71. The fourth-order valence-electron chi connectivity index (χ4n) is 2.85. The molecular formula is C17H28ClN3O3. The van der Waals surface area contributed by atoms with Gasteiger partial charge in [0, 0.05) is 31.2 Å². The number of carbonyl (C=O) groups is 1. The van der Waals surface area contributed by atoms with Gasteiger partial charge in [0.25, 0.3) is 0 Å². The highest BCUT2D eigenvalue weighted by Gasteiger charge is 2.22. The van der Waals surface area contributed by atoms with E-state index in [-0.39, 0.29) is 24.4 Å². The minimum Gasteiger partial charge on any atom is -0.497 e. The van der Waals surface area contributed by atoms with E-state index in [2.05, 4.69) is 22.5 Å². The van der Waals surface area contributed by atoms with E-state index in [0.717, 1.165) is 36.7 Å². The molecule has 0 aromatic heterocycles. The van der Waals surface area contributed by atoms with Crippen LogP contribution in [0, 0.1) is 0 Å². The van der Waals surface area contributed by atoms with Crippen molar-refractivity contribution in [3.63, 3.8) is 0 Å². The van der Waals surface area contributed by atoms with Crippen LogP contribution in [0.4, 0.5) is 0 Å². The van der Waals surface area contributed by atoms with Crippen LogP contribution < -0.4 is 20.1 Å². The molecule has 0 aliphatic carbocycles. The topological polar surface area (TPSA) is 62.8 Å². The van der Waals surface area contributed by atoms with Crippen molar-refractivity contribution in [2.24, 2.45) is 0 Å². The molecule has 2 N–H and O–H groups in total. The van der Waals surface area contributed by atoms with Gasteiger partial charge in [0.1, 0.15) is 11.5 Å². The lowest BCUT2D eigenvalue weighted by Gasteiger charge is -2.33. The third-order valence-electron chi connectivity index (χ3n) is 4.27. The summed E-state index contributed by atoms with van der Waals surface area (Å²) in [5.41, 5.74) is 0.911. The molecule has 1 aliphatic heterocycles. The Morgan fingerprint density at radius 3 is 2.79 bits per heavy atom. The van der Waals surface area contributed by atoms with Crippen LogP contribution in [-0.4, -0.2) is 57.2 Å². The summed E-state index contributed by atoms with van der Waals surface area (Å²) in [6.07, 6.45) is 0. The van der Waals surface area contributed by atoms with Crippen molar-refractivity contribution < 1.29 is 14.3 Å². The van der Waals surface area contributed by atoms with Crippen molar-refractivity contribution in [2.75, 3.05) is 40.4 Å². The zero-order valence-corrected chi connectivity index (χ0v) is 15.6. The van der Waals surface area contributed by atoms with Crippen LogP contribution >= 0.6 is 12.4 Å². The number of hydrogen-bond acceptors (Lipinski definition) is 5. The van der Waals surface area contributed by atoms with Gasteiger partial charge in [-0.05, 0) is 32.0 Å². The fraction of sp³-hybridized carbons (Fsp3) is 0.588. The lowest BCUT2D eigenvalue weighted by molar-refractivity contribution is -0.123. The molecule has 136 valence electrons. The number of nitrogens with zero attached hydrogens (tertiary/aromatic N) is 1. The first-order valence-corrected chi connectivity index (χ1v) is 8.01. The number of amides is 1. The largest absolute Gasteiger partial charge is 0.497 e. The van der Waals surface area contributed by atoms with E-state index in [1.165, 1.54) is 0 Å². The lowest BCUT2D eigenvalue weighted by atomic mass is 10.1. The second-order valence-corrected chi connectivity index (χ2v) is 5.92. The molecule has 1 saturated heterocycles. The smallest absolute Gasteiger partial charge is 0.234 e. The van der Waals surface area contributed by atoms with Gasteiger partial charge in [0.05, 0.1) is 26.8 Å². The molecule has 2 rings (SSSR count). The molecule has 0 bridgehead atoms. The average Bonchev–Trinajstić information content (AvgIpc) is 2.56. The standard InChI is InChI=1S/C17H27N3O3.ClH/c1-12-10-18-7-8-20(12)11-17(21)19-13(2)15-9-14(22-3)5-6-16(15)23-4;/h5-6,9,12-13,18H,7-8,10-11H2,1-4H3,(H,19,21);1H/t12-,13?;/m1./s1.